The second-order valence-corrected chi connectivity index (χ2v) is 9.61. The van der Waals surface area contributed by atoms with Crippen LogP contribution in [0.2, 0.25) is 0 Å². The first-order valence-electron chi connectivity index (χ1n) is 10.6. The van der Waals surface area contributed by atoms with Crippen LogP contribution >= 0.6 is 22.7 Å². The Balaban J connectivity index is 1.18. The van der Waals surface area contributed by atoms with Gasteiger partial charge in [-0.05, 0) is 38.3 Å². The molecule has 158 valence electrons. The summed E-state index contributed by atoms with van der Waals surface area (Å²) in [7, 11) is 0. The van der Waals surface area contributed by atoms with Gasteiger partial charge in [0.15, 0.2) is 11.1 Å². The second kappa shape index (κ2) is 9.86. The molecule has 0 spiro atoms. The van der Waals surface area contributed by atoms with E-state index in [9.17, 15) is 0 Å². The molecule has 2 aromatic heterocycles. The summed E-state index contributed by atoms with van der Waals surface area (Å²) >= 11 is 3.48. The molecule has 4 rings (SSSR count). The van der Waals surface area contributed by atoms with Crippen LogP contribution < -0.4 is 10.6 Å². The van der Waals surface area contributed by atoms with E-state index in [0.29, 0.717) is 11.9 Å². The number of thiazole rings is 2. The smallest absolute Gasteiger partial charge is 0.191 e. The molecular formula is C20H31N7S2. The van der Waals surface area contributed by atoms with Crippen molar-refractivity contribution in [2.75, 3.05) is 50.7 Å². The molecule has 2 fully saturated rings. The minimum absolute atomic E-state index is 0.642. The van der Waals surface area contributed by atoms with E-state index in [1.165, 1.54) is 23.5 Å². The van der Waals surface area contributed by atoms with Crippen LogP contribution in [-0.4, -0.2) is 71.5 Å². The maximum atomic E-state index is 6.30. The number of guanidine groups is 1. The van der Waals surface area contributed by atoms with Crippen LogP contribution in [0.25, 0.3) is 0 Å². The predicted octanol–water partition coefficient (Wildman–Crippen LogP) is 2.51. The highest BCUT2D eigenvalue weighted by Crippen LogP contribution is 2.21. The number of aliphatic imine (C=N–C) groups is 1. The second-order valence-electron chi connectivity index (χ2n) is 7.79. The lowest BCUT2D eigenvalue weighted by Gasteiger charge is -2.35. The van der Waals surface area contributed by atoms with Gasteiger partial charge >= 0.3 is 0 Å². The number of rotatable bonds is 6. The maximum absolute atomic E-state index is 6.30. The standard InChI is InChI=1S/C20H31N7S2/c1-2-18-24-17(15-29-18)14-25-6-3-16(4-7-25)13-23-19(21)26-8-10-27(11-9-26)20-22-5-12-28-20/h5,12,15-16H,2-4,6-11,13-14H2,1H3,(H2,21,23). The van der Waals surface area contributed by atoms with Crippen LogP contribution in [0.4, 0.5) is 5.13 Å². The van der Waals surface area contributed by atoms with Gasteiger partial charge in [-0.3, -0.25) is 9.89 Å². The summed E-state index contributed by atoms with van der Waals surface area (Å²) in [6.45, 7) is 10.0. The number of nitrogens with two attached hydrogens (primary N) is 1. The van der Waals surface area contributed by atoms with Crippen LogP contribution in [-0.2, 0) is 13.0 Å². The minimum atomic E-state index is 0.642. The monoisotopic (exact) mass is 433 g/mol. The molecule has 0 saturated carbocycles. The van der Waals surface area contributed by atoms with Gasteiger partial charge in [0, 0.05) is 56.2 Å². The van der Waals surface area contributed by atoms with Crippen molar-refractivity contribution in [2.24, 2.45) is 16.6 Å². The van der Waals surface area contributed by atoms with Crippen LogP contribution in [0, 0.1) is 5.92 Å². The summed E-state index contributed by atoms with van der Waals surface area (Å²) in [6.07, 6.45) is 5.29. The van der Waals surface area contributed by atoms with E-state index in [1.807, 2.05) is 11.6 Å². The number of hydrogen-bond donors (Lipinski definition) is 1. The Morgan fingerprint density at radius 1 is 1.17 bits per heavy atom. The summed E-state index contributed by atoms with van der Waals surface area (Å²) in [5.41, 5.74) is 7.53. The molecule has 0 atom stereocenters. The van der Waals surface area contributed by atoms with Gasteiger partial charge < -0.3 is 15.5 Å². The highest BCUT2D eigenvalue weighted by Gasteiger charge is 2.22. The van der Waals surface area contributed by atoms with E-state index in [4.69, 9.17) is 15.7 Å². The Morgan fingerprint density at radius 3 is 2.62 bits per heavy atom. The summed E-state index contributed by atoms with van der Waals surface area (Å²) in [5.74, 6) is 1.35. The van der Waals surface area contributed by atoms with E-state index in [2.05, 4.69) is 32.0 Å². The van der Waals surface area contributed by atoms with Crippen LogP contribution in [0.15, 0.2) is 21.9 Å². The van der Waals surface area contributed by atoms with Gasteiger partial charge in [0.25, 0.3) is 0 Å². The summed E-state index contributed by atoms with van der Waals surface area (Å²) in [4.78, 5) is 20.9. The fourth-order valence-corrected chi connectivity index (χ4v) is 5.39. The van der Waals surface area contributed by atoms with Gasteiger partial charge in [0.05, 0.1) is 10.7 Å². The molecule has 2 saturated heterocycles. The molecule has 0 unspecified atom stereocenters. The topological polar surface area (TPSA) is 73.9 Å². The zero-order valence-electron chi connectivity index (χ0n) is 17.2. The number of nitrogens with zero attached hydrogens (tertiary/aromatic N) is 6. The quantitative estimate of drug-likeness (QED) is 0.557. The fraction of sp³-hybridized carbons (Fsp3) is 0.650. The van der Waals surface area contributed by atoms with Crippen molar-refractivity contribution >= 4 is 33.8 Å². The maximum Gasteiger partial charge on any atom is 0.191 e. The largest absolute Gasteiger partial charge is 0.370 e. The van der Waals surface area contributed by atoms with Crippen molar-refractivity contribution in [3.05, 3.63) is 27.7 Å². The van der Waals surface area contributed by atoms with Gasteiger partial charge in [0.1, 0.15) is 0 Å². The summed E-state index contributed by atoms with van der Waals surface area (Å²) < 4.78 is 0. The molecule has 0 amide bonds. The van der Waals surface area contributed by atoms with Gasteiger partial charge in [-0.1, -0.05) is 6.92 Å². The van der Waals surface area contributed by atoms with E-state index in [1.54, 1.807) is 22.7 Å². The third-order valence-electron chi connectivity index (χ3n) is 5.80. The summed E-state index contributed by atoms with van der Waals surface area (Å²) in [6, 6.07) is 0. The zero-order chi connectivity index (χ0) is 20.1. The Hall–Kier alpha value is -1.71. The number of piperidine rings is 1. The van der Waals surface area contributed by atoms with Gasteiger partial charge in [-0.2, -0.15) is 0 Å². The Kier molecular flexibility index (Phi) is 6.99. The van der Waals surface area contributed by atoms with E-state index < -0.39 is 0 Å². The molecule has 0 aliphatic carbocycles. The van der Waals surface area contributed by atoms with Crippen LogP contribution in [0.3, 0.4) is 0 Å². The molecular weight excluding hydrogens is 402 g/mol. The van der Waals surface area contributed by atoms with E-state index in [-0.39, 0.29) is 0 Å². The molecule has 2 aliphatic rings. The number of piperazine rings is 1. The van der Waals surface area contributed by atoms with Crippen molar-refractivity contribution < 1.29 is 0 Å². The van der Waals surface area contributed by atoms with Crippen LogP contribution in [0.5, 0.6) is 0 Å². The predicted molar refractivity (Wildman–Crippen MR) is 122 cm³/mol. The number of aromatic nitrogens is 2. The van der Waals surface area contributed by atoms with Crippen molar-refractivity contribution in [2.45, 2.75) is 32.7 Å². The third-order valence-corrected chi connectivity index (χ3v) is 7.67. The third kappa shape index (κ3) is 5.46. The lowest BCUT2D eigenvalue weighted by Crippen LogP contribution is -2.51. The minimum Gasteiger partial charge on any atom is -0.370 e. The number of hydrogen-bond acceptors (Lipinski definition) is 7. The molecule has 2 aromatic rings. The van der Waals surface area contributed by atoms with Gasteiger partial charge in [-0.15, -0.1) is 22.7 Å². The van der Waals surface area contributed by atoms with E-state index in [0.717, 1.165) is 63.9 Å². The molecule has 2 N–H and O–H groups in total. The molecule has 29 heavy (non-hydrogen) atoms. The van der Waals surface area contributed by atoms with Gasteiger partial charge in [-0.25, -0.2) is 9.97 Å². The van der Waals surface area contributed by atoms with Crippen molar-refractivity contribution in [3.8, 4) is 0 Å². The average Bonchev–Trinajstić information content (AvgIpc) is 3.45. The fourth-order valence-electron chi connectivity index (χ4n) is 3.96. The number of anilines is 1. The van der Waals surface area contributed by atoms with Crippen LogP contribution in [0.1, 0.15) is 30.5 Å². The highest BCUT2D eigenvalue weighted by molar-refractivity contribution is 7.13. The van der Waals surface area contributed by atoms with Crippen molar-refractivity contribution in [3.63, 3.8) is 0 Å². The first-order valence-corrected chi connectivity index (χ1v) is 12.3. The number of likely N-dealkylation sites (tertiary alicyclic amines) is 1. The Morgan fingerprint density at radius 2 is 1.97 bits per heavy atom. The molecule has 4 heterocycles. The molecule has 2 aliphatic heterocycles. The first-order chi connectivity index (χ1) is 14.2. The van der Waals surface area contributed by atoms with Crippen molar-refractivity contribution in [1.82, 2.24) is 19.8 Å². The molecule has 0 radical (unpaired) electrons. The average molecular weight is 434 g/mol. The Bertz CT molecular complexity index is 773. The Labute approximate surface area is 181 Å². The molecule has 0 bridgehead atoms. The first kappa shape index (κ1) is 20.6. The zero-order valence-corrected chi connectivity index (χ0v) is 18.8. The van der Waals surface area contributed by atoms with Crippen molar-refractivity contribution in [1.29, 1.82) is 0 Å². The number of aryl methyl sites for hydroxylation is 1. The SMILES string of the molecule is CCc1nc(CN2CCC(CN=C(N)N3CCN(c4nccs4)CC3)CC2)cs1. The lowest BCUT2D eigenvalue weighted by atomic mass is 9.97. The normalized spacial score (nSPS) is 19.8. The molecule has 0 aromatic carbocycles. The van der Waals surface area contributed by atoms with Gasteiger partial charge in [0.2, 0.25) is 0 Å². The lowest BCUT2D eigenvalue weighted by molar-refractivity contribution is 0.179. The molecule has 7 nitrogen and oxygen atoms in total. The summed E-state index contributed by atoms with van der Waals surface area (Å²) in [5, 5.41) is 6.59. The molecule has 9 heteroatoms. The van der Waals surface area contributed by atoms with E-state index >= 15 is 0 Å². The highest BCUT2D eigenvalue weighted by atomic mass is 32.1.